The molecule has 1 aromatic carbocycles. The molecule has 1 aromatic rings. The third kappa shape index (κ3) is 12.9. The third-order valence-corrected chi connectivity index (χ3v) is 5.07. The van der Waals surface area contributed by atoms with Crippen LogP contribution in [0.3, 0.4) is 0 Å². The van der Waals surface area contributed by atoms with E-state index in [0.29, 0.717) is 37.2 Å². The second-order valence-electron chi connectivity index (χ2n) is 8.48. The highest BCUT2D eigenvalue weighted by Gasteiger charge is 2.18. The van der Waals surface area contributed by atoms with Crippen LogP contribution in [0.4, 0.5) is 0 Å². The van der Waals surface area contributed by atoms with E-state index in [1.807, 2.05) is 0 Å². The second-order valence-corrected chi connectivity index (χ2v) is 8.48. The predicted octanol–water partition coefficient (Wildman–Crippen LogP) is 5.36. The van der Waals surface area contributed by atoms with Gasteiger partial charge in [-0.3, -0.25) is 0 Å². The number of esters is 4. The summed E-state index contributed by atoms with van der Waals surface area (Å²) >= 11 is 0. The van der Waals surface area contributed by atoms with Crippen molar-refractivity contribution in [3.63, 3.8) is 0 Å². The summed E-state index contributed by atoms with van der Waals surface area (Å²) < 4.78 is 20.7. The van der Waals surface area contributed by atoms with Crippen LogP contribution < -0.4 is 0 Å². The molecule has 0 aliphatic rings. The van der Waals surface area contributed by atoms with E-state index < -0.39 is 11.9 Å². The second kappa shape index (κ2) is 17.9. The third-order valence-electron chi connectivity index (χ3n) is 5.07. The van der Waals surface area contributed by atoms with Crippen LogP contribution in [0.5, 0.6) is 0 Å². The first-order chi connectivity index (χ1) is 17.2. The molecule has 0 fully saturated rings. The van der Waals surface area contributed by atoms with Crippen LogP contribution >= 0.6 is 0 Å². The fourth-order valence-electron chi connectivity index (χ4n) is 3.02. The lowest BCUT2D eigenvalue weighted by Gasteiger charge is -2.10. The molecule has 1 rings (SSSR count). The topological polar surface area (TPSA) is 105 Å². The van der Waals surface area contributed by atoms with Gasteiger partial charge in [0.05, 0.1) is 37.6 Å². The number of carbonyl (C=O) groups excluding carboxylic acids is 4. The van der Waals surface area contributed by atoms with Crippen molar-refractivity contribution in [1.82, 2.24) is 0 Å². The lowest BCUT2D eigenvalue weighted by Crippen LogP contribution is -2.15. The Balaban J connectivity index is 2.25. The Morgan fingerprint density at radius 1 is 0.556 bits per heavy atom. The van der Waals surface area contributed by atoms with Gasteiger partial charge in [0.15, 0.2) is 0 Å². The summed E-state index contributed by atoms with van der Waals surface area (Å²) in [5.74, 6) is -1.91. The van der Waals surface area contributed by atoms with E-state index in [-0.39, 0.29) is 36.3 Å². The van der Waals surface area contributed by atoms with Crippen molar-refractivity contribution in [3.05, 3.63) is 59.7 Å². The van der Waals surface area contributed by atoms with Gasteiger partial charge in [0.1, 0.15) is 0 Å². The maximum atomic E-state index is 12.5. The average Bonchev–Trinajstić information content (AvgIpc) is 2.86. The smallest absolute Gasteiger partial charge is 0.339 e. The van der Waals surface area contributed by atoms with E-state index in [1.165, 1.54) is 0 Å². The summed E-state index contributed by atoms with van der Waals surface area (Å²) in [4.78, 5) is 47.5. The van der Waals surface area contributed by atoms with Crippen molar-refractivity contribution in [2.45, 2.75) is 65.2 Å². The van der Waals surface area contributed by atoms with Crippen molar-refractivity contribution < 1.29 is 38.1 Å². The van der Waals surface area contributed by atoms with Crippen molar-refractivity contribution in [1.29, 1.82) is 0 Å². The molecule has 0 heterocycles. The molecule has 0 aliphatic carbocycles. The average molecular weight is 503 g/mol. The summed E-state index contributed by atoms with van der Waals surface area (Å²) in [6.45, 7) is 11.4. The molecule has 0 N–H and O–H groups in total. The van der Waals surface area contributed by atoms with Gasteiger partial charge >= 0.3 is 23.9 Å². The number of benzene rings is 1. The van der Waals surface area contributed by atoms with Gasteiger partial charge in [-0.25, -0.2) is 19.2 Å². The van der Waals surface area contributed by atoms with Crippen LogP contribution in [0.25, 0.3) is 0 Å². The highest BCUT2D eigenvalue weighted by Crippen LogP contribution is 2.13. The zero-order valence-electron chi connectivity index (χ0n) is 21.5. The van der Waals surface area contributed by atoms with Crippen LogP contribution in [0.2, 0.25) is 0 Å². The molecule has 8 nitrogen and oxygen atoms in total. The maximum Gasteiger partial charge on any atom is 0.339 e. The minimum Gasteiger partial charge on any atom is -0.462 e. The summed E-state index contributed by atoms with van der Waals surface area (Å²) in [6, 6.07) is 6.42. The minimum atomic E-state index is -0.567. The first kappa shape index (κ1) is 30.6. The summed E-state index contributed by atoms with van der Waals surface area (Å²) in [5.41, 5.74) is 1.10. The van der Waals surface area contributed by atoms with E-state index in [9.17, 15) is 19.2 Å². The Morgan fingerprint density at radius 3 is 1.17 bits per heavy atom. The first-order valence-electron chi connectivity index (χ1n) is 12.3. The zero-order valence-corrected chi connectivity index (χ0v) is 21.5. The molecule has 0 aliphatic heterocycles. The van der Waals surface area contributed by atoms with Gasteiger partial charge in [-0.05, 0) is 77.3 Å². The molecule has 0 atom stereocenters. The van der Waals surface area contributed by atoms with Crippen molar-refractivity contribution in [2.24, 2.45) is 0 Å². The van der Waals surface area contributed by atoms with Crippen LogP contribution in [0.15, 0.2) is 48.6 Å². The summed E-state index contributed by atoms with van der Waals surface area (Å²) in [7, 11) is 0. The molecule has 0 unspecified atom stereocenters. The Bertz CT molecular complexity index is 830. The standard InChI is InChI=1S/C28H38O8/c1-21(2)25(29)33-17-11-5-7-13-19-35-27(31)23-15-9-10-16-24(23)28(32)36-20-14-8-6-12-18-34-26(30)22(3)4/h9-10,15-16H,1,3,5-8,11-14,17-20H2,2,4H3. The Labute approximate surface area is 213 Å². The molecule has 0 bridgehead atoms. The van der Waals surface area contributed by atoms with Crippen molar-refractivity contribution in [3.8, 4) is 0 Å². The van der Waals surface area contributed by atoms with Gasteiger partial charge in [-0.1, -0.05) is 25.3 Å². The molecular weight excluding hydrogens is 464 g/mol. The van der Waals surface area contributed by atoms with E-state index in [4.69, 9.17) is 18.9 Å². The number of carbonyl (C=O) groups is 4. The lowest BCUT2D eigenvalue weighted by atomic mass is 10.1. The molecule has 0 aromatic heterocycles. The van der Waals surface area contributed by atoms with Gasteiger partial charge in [-0.15, -0.1) is 0 Å². The molecule has 0 saturated heterocycles. The number of hydrogen-bond donors (Lipinski definition) is 0. The normalized spacial score (nSPS) is 10.3. The molecule has 0 amide bonds. The molecular formula is C28H38O8. The quantitative estimate of drug-likeness (QED) is 0.114. The highest BCUT2D eigenvalue weighted by atomic mass is 16.5. The van der Waals surface area contributed by atoms with Crippen molar-refractivity contribution >= 4 is 23.9 Å². The molecule has 0 saturated carbocycles. The van der Waals surface area contributed by atoms with Gasteiger partial charge < -0.3 is 18.9 Å². The fourth-order valence-corrected chi connectivity index (χ4v) is 3.02. The highest BCUT2D eigenvalue weighted by molar-refractivity contribution is 6.03. The van der Waals surface area contributed by atoms with Gasteiger partial charge in [-0.2, -0.15) is 0 Å². The zero-order chi connectivity index (χ0) is 26.8. The largest absolute Gasteiger partial charge is 0.462 e. The minimum absolute atomic E-state index is 0.175. The fraction of sp³-hybridized carbons (Fsp3) is 0.500. The maximum absolute atomic E-state index is 12.5. The molecule has 36 heavy (non-hydrogen) atoms. The van der Waals surface area contributed by atoms with Crippen molar-refractivity contribution in [2.75, 3.05) is 26.4 Å². The molecule has 198 valence electrons. The number of rotatable bonds is 18. The number of ether oxygens (including phenoxy) is 4. The van der Waals surface area contributed by atoms with E-state index in [0.717, 1.165) is 38.5 Å². The monoisotopic (exact) mass is 502 g/mol. The van der Waals surface area contributed by atoms with E-state index in [2.05, 4.69) is 13.2 Å². The van der Waals surface area contributed by atoms with Gasteiger partial charge in [0.25, 0.3) is 0 Å². The Morgan fingerprint density at radius 2 is 0.861 bits per heavy atom. The predicted molar refractivity (Wildman–Crippen MR) is 135 cm³/mol. The van der Waals surface area contributed by atoms with E-state index in [1.54, 1.807) is 38.1 Å². The summed E-state index contributed by atoms with van der Waals surface area (Å²) in [5, 5.41) is 0. The first-order valence-corrected chi connectivity index (χ1v) is 12.3. The van der Waals surface area contributed by atoms with Gasteiger partial charge in [0, 0.05) is 11.1 Å². The number of hydrogen-bond acceptors (Lipinski definition) is 8. The molecule has 0 spiro atoms. The Kier molecular flexibility index (Phi) is 15.2. The van der Waals surface area contributed by atoms with Crippen LogP contribution in [-0.2, 0) is 28.5 Å². The van der Waals surface area contributed by atoms with Crippen LogP contribution in [0.1, 0.15) is 85.9 Å². The van der Waals surface area contributed by atoms with Crippen LogP contribution in [0, 0.1) is 0 Å². The molecule has 8 heteroatoms. The van der Waals surface area contributed by atoms with Crippen LogP contribution in [-0.4, -0.2) is 50.3 Å². The van der Waals surface area contributed by atoms with E-state index >= 15 is 0 Å². The summed E-state index contributed by atoms with van der Waals surface area (Å²) in [6.07, 6.45) is 6.09. The SMILES string of the molecule is C=C(C)C(=O)OCCCCCCOC(=O)c1ccccc1C(=O)OCCCCCCOC(=O)C(=C)C. The Hall–Kier alpha value is -3.42. The van der Waals surface area contributed by atoms with Gasteiger partial charge in [0.2, 0.25) is 0 Å². The number of unbranched alkanes of at least 4 members (excludes halogenated alkanes) is 6. The lowest BCUT2D eigenvalue weighted by molar-refractivity contribution is -0.139. The molecule has 0 radical (unpaired) electrons.